The largest absolute Gasteiger partial charge is 0.481 e. The van der Waals surface area contributed by atoms with Crippen molar-refractivity contribution in [3.8, 4) is 0 Å². The van der Waals surface area contributed by atoms with Crippen molar-refractivity contribution in [2.45, 2.75) is 25.4 Å². The molecule has 0 bridgehead atoms. The number of nitrogens with zero attached hydrogens (tertiary/aromatic N) is 4. The summed E-state index contributed by atoms with van der Waals surface area (Å²) in [5.41, 5.74) is 12.2. The van der Waals surface area contributed by atoms with Crippen LogP contribution in [0, 0.1) is 0 Å². The average Bonchev–Trinajstić information content (AvgIpc) is 2.77. The van der Waals surface area contributed by atoms with Gasteiger partial charge in [-0.1, -0.05) is 0 Å². The van der Waals surface area contributed by atoms with Crippen molar-refractivity contribution in [3.63, 3.8) is 0 Å². The summed E-state index contributed by atoms with van der Waals surface area (Å²) in [6.07, 6.45) is -0.638. The summed E-state index contributed by atoms with van der Waals surface area (Å²) in [4.78, 5) is 63.0. The van der Waals surface area contributed by atoms with Gasteiger partial charge in [-0.05, 0) is 30.7 Å². The molecule has 8 N–H and O–H groups in total. The predicted molar refractivity (Wildman–Crippen MR) is 121 cm³/mol. The molecule has 2 aromatic heterocycles. The number of aromatic nitrogens is 4. The molecule has 3 aromatic rings. The summed E-state index contributed by atoms with van der Waals surface area (Å²) >= 11 is 0. The van der Waals surface area contributed by atoms with E-state index in [1.807, 2.05) is 0 Å². The zero-order valence-corrected chi connectivity index (χ0v) is 18.0. The molecule has 1 aromatic carbocycles. The van der Waals surface area contributed by atoms with Crippen LogP contribution in [0.4, 0.5) is 17.5 Å². The summed E-state index contributed by atoms with van der Waals surface area (Å²) in [6.45, 7) is 0.0942. The smallest absolute Gasteiger partial charge is 0.326 e. The molecular weight excluding hydrogens is 448 g/mol. The molecule has 0 aliphatic heterocycles. The molecule has 0 saturated heterocycles. The van der Waals surface area contributed by atoms with Crippen LogP contribution in [0.25, 0.3) is 11.2 Å². The number of nitrogen functional groups attached to an aromatic ring is 2. The lowest BCUT2D eigenvalue weighted by molar-refractivity contribution is -0.140. The summed E-state index contributed by atoms with van der Waals surface area (Å²) < 4.78 is 0. The van der Waals surface area contributed by atoms with Crippen LogP contribution in [0.2, 0.25) is 0 Å². The number of nitrogens with two attached hydrogens (primary N) is 2. The molecule has 1 amide bonds. The number of carbonyl (C=O) groups is 3. The number of rotatable bonds is 9. The fraction of sp³-hybridized carbons (Fsp3) is 0.250. The van der Waals surface area contributed by atoms with E-state index >= 15 is 0 Å². The van der Waals surface area contributed by atoms with Gasteiger partial charge in [0.2, 0.25) is 5.95 Å². The number of nitrogens with one attached hydrogen (secondary N) is 2. The topological polar surface area (TPSA) is 231 Å². The molecule has 34 heavy (non-hydrogen) atoms. The van der Waals surface area contributed by atoms with Crippen LogP contribution < -0.4 is 27.2 Å². The lowest BCUT2D eigenvalue weighted by Crippen LogP contribution is -2.41. The number of carboxylic acid groups (broad SMARTS) is 2. The molecule has 178 valence electrons. The maximum Gasteiger partial charge on any atom is 0.326 e. The summed E-state index contributed by atoms with van der Waals surface area (Å²) in [5, 5.41) is 20.2. The molecular formula is C20H22N8O6. The molecule has 0 aliphatic rings. The zero-order chi connectivity index (χ0) is 25.0. The molecule has 1 atom stereocenters. The number of fused-ring (bicyclic) bond motifs is 1. The highest BCUT2D eigenvalue weighted by Crippen LogP contribution is 2.17. The minimum atomic E-state index is -1.33. The van der Waals surface area contributed by atoms with E-state index in [4.69, 9.17) is 16.6 Å². The van der Waals surface area contributed by atoms with Crippen molar-refractivity contribution in [1.29, 1.82) is 0 Å². The number of benzene rings is 1. The zero-order valence-electron chi connectivity index (χ0n) is 18.0. The van der Waals surface area contributed by atoms with Gasteiger partial charge in [-0.2, -0.15) is 9.97 Å². The predicted octanol–water partition coefficient (Wildman–Crippen LogP) is -0.438. The van der Waals surface area contributed by atoms with E-state index in [1.54, 1.807) is 24.1 Å². The highest BCUT2D eigenvalue weighted by molar-refractivity contribution is 5.97. The van der Waals surface area contributed by atoms with Gasteiger partial charge >= 0.3 is 11.9 Å². The quantitative estimate of drug-likeness (QED) is 0.234. The van der Waals surface area contributed by atoms with E-state index in [0.717, 1.165) is 0 Å². The fourth-order valence-electron chi connectivity index (χ4n) is 3.11. The first-order valence-electron chi connectivity index (χ1n) is 9.93. The Morgan fingerprint density at radius 2 is 1.79 bits per heavy atom. The maximum absolute atomic E-state index is 12.4. The van der Waals surface area contributed by atoms with E-state index < -0.39 is 35.9 Å². The highest BCUT2D eigenvalue weighted by atomic mass is 16.4. The van der Waals surface area contributed by atoms with Gasteiger partial charge < -0.3 is 36.9 Å². The fourth-order valence-corrected chi connectivity index (χ4v) is 3.11. The highest BCUT2D eigenvalue weighted by Gasteiger charge is 2.22. The van der Waals surface area contributed by atoms with E-state index in [9.17, 15) is 24.3 Å². The van der Waals surface area contributed by atoms with E-state index in [-0.39, 0.29) is 47.2 Å². The number of hydrogen-bond donors (Lipinski definition) is 6. The number of anilines is 3. The normalized spacial score (nSPS) is 11.7. The summed E-state index contributed by atoms with van der Waals surface area (Å²) in [6, 6.07) is 4.84. The van der Waals surface area contributed by atoms with E-state index in [0.29, 0.717) is 5.69 Å². The molecule has 14 nitrogen and oxygen atoms in total. The van der Waals surface area contributed by atoms with E-state index in [2.05, 4.69) is 25.3 Å². The number of hydrogen-bond acceptors (Lipinski definition) is 10. The SMILES string of the molecule is CN(Cc1nc2c(N)nc(N)nc2[nH]c1=O)c1ccc(C(=O)N[C@@H](CCC(=O)O)C(=O)O)cc1. The van der Waals surface area contributed by atoms with Crippen molar-refractivity contribution in [2.75, 3.05) is 23.4 Å². The van der Waals surface area contributed by atoms with Crippen LogP contribution in [-0.4, -0.2) is 61.1 Å². The van der Waals surface area contributed by atoms with Crippen LogP contribution in [0.3, 0.4) is 0 Å². The Labute approximate surface area is 191 Å². The summed E-state index contributed by atoms with van der Waals surface area (Å²) in [7, 11) is 1.70. The Balaban J connectivity index is 1.72. The third-order valence-corrected chi connectivity index (χ3v) is 4.88. The van der Waals surface area contributed by atoms with Crippen LogP contribution in [0.15, 0.2) is 29.1 Å². The third kappa shape index (κ3) is 5.53. The van der Waals surface area contributed by atoms with E-state index in [1.165, 1.54) is 12.1 Å². The van der Waals surface area contributed by atoms with Gasteiger partial charge in [0.05, 0.1) is 6.54 Å². The maximum atomic E-state index is 12.4. The third-order valence-electron chi connectivity index (χ3n) is 4.88. The van der Waals surface area contributed by atoms with Gasteiger partial charge in [-0.3, -0.25) is 14.4 Å². The molecule has 0 spiro atoms. The second-order valence-electron chi connectivity index (χ2n) is 7.38. The molecule has 0 aliphatic carbocycles. The Bertz CT molecular complexity index is 1310. The van der Waals surface area contributed by atoms with Gasteiger partial charge in [0.15, 0.2) is 11.5 Å². The van der Waals surface area contributed by atoms with Crippen molar-refractivity contribution < 1.29 is 24.6 Å². The number of carbonyl (C=O) groups excluding carboxylic acids is 1. The first-order valence-corrected chi connectivity index (χ1v) is 9.93. The molecule has 3 rings (SSSR count). The number of H-pyrrole nitrogens is 1. The average molecular weight is 470 g/mol. The second-order valence-corrected chi connectivity index (χ2v) is 7.38. The Morgan fingerprint density at radius 1 is 1.12 bits per heavy atom. The Morgan fingerprint density at radius 3 is 2.41 bits per heavy atom. The van der Waals surface area contributed by atoms with Crippen molar-refractivity contribution in [2.24, 2.45) is 0 Å². The minimum Gasteiger partial charge on any atom is -0.481 e. The molecule has 0 radical (unpaired) electrons. The minimum absolute atomic E-state index is 0.0287. The summed E-state index contributed by atoms with van der Waals surface area (Å²) in [5.74, 6) is -3.21. The number of amides is 1. The molecule has 2 heterocycles. The van der Waals surface area contributed by atoms with Gasteiger partial charge in [0.25, 0.3) is 11.5 Å². The molecule has 0 fully saturated rings. The van der Waals surface area contributed by atoms with Gasteiger partial charge in [-0.15, -0.1) is 0 Å². The number of aliphatic carboxylic acids is 2. The van der Waals surface area contributed by atoms with Crippen LogP contribution in [0.5, 0.6) is 0 Å². The first kappa shape index (κ1) is 23.9. The van der Waals surface area contributed by atoms with Crippen LogP contribution in [0.1, 0.15) is 28.9 Å². The standard InChI is InChI=1S/C20H22N8O6/c1-28(8-12-18(32)26-16-14(23-12)15(21)25-20(22)27-16)10-4-2-9(3-5-10)17(31)24-11(19(33)34)6-7-13(29)30/h2-5,11H,6-8H2,1H3,(H,24,31)(H,29,30)(H,33,34)(H5,21,22,25,26,27,32)/t11-/m0/s1. The van der Waals surface area contributed by atoms with Crippen molar-refractivity contribution in [1.82, 2.24) is 25.3 Å². The van der Waals surface area contributed by atoms with Crippen molar-refractivity contribution >= 4 is 46.5 Å². The molecule has 0 saturated carbocycles. The molecule has 0 unspecified atom stereocenters. The van der Waals surface area contributed by atoms with Gasteiger partial charge in [-0.25, -0.2) is 9.78 Å². The Kier molecular flexibility index (Phi) is 6.89. The van der Waals surface area contributed by atoms with Crippen LogP contribution >= 0.6 is 0 Å². The van der Waals surface area contributed by atoms with Gasteiger partial charge in [0, 0.05) is 24.7 Å². The van der Waals surface area contributed by atoms with Gasteiger partial charge in [0.1, 0.15) is 17.3 Å². The second kappa shape index (κ2) is 9.81. The monoisotopic (exact) mass is 470 g/mol. The number of aromatic amines is 1. The van der Waals surface area contributed by atoms with Crippen LogP contribution in [-0.2, 0) is 16.1 Å². The van der Waals surface area contributed by atoms with Crippen molar-refractivity contribution in [3.05, 3.63) is 45.9 Å². The Hall–Kier alpha value is -4.75. The lowest BCUT2D eigenvalue weighted by atomic mass is 10.1. The number of carboxylic acids is 2. The lowest BCUT2D eigenvalue weighted by Gasteiger charge is -2.19. The molecule has 14 heteroatoms. The first-order chi connectivity index (χ1) is 16.0.